The molecule has 0 amide bonds. The minimum Gasteiger partial charge on any atom is -0.459 e. The third kappa shape index (κ3) is 4.73. The molecule has 1 N–H and O–H groups in total. The molecule has 1 aromatic carbocycles. The van der Waals surface area contributed by atoms with Gasteiger partial charge >= 0.3 is 6.01 Å². The molecule has 5 nitrogen and oxygen atoms in total. The van der Waals surface area contributed by atoms with Crippen molar-refractivity contribution in [1.29, 1.82) is 0 Å². The van der Waals surface area contributed by atoms with E-state index in [-0.39, 0.29) is 17.3 Å². The molecule has 1 unspecified atom stereocenters. The van der Waals surface area contributed by atoms with Gasteiger partial charge in [-0.05, 0) is 24.1 Å². The van der Waals surface area contributed by atoms with Crippen molar-refractivity contribution in [3.8, 4) is 6.01 Å². The fraction of sp³-hybridized carbons (Fsp3) is 0.263. The first-order valence-electron chi connectivity index (χ1n) is 8.21. The lowest BCUT2D eigenvalue weighted by Crippen LogP contribution is -2.23. The predicted octanol–water partition coefficient (Wildman–Crippen LogP) is 3.87. The maximum absolute atomic E-state index is 14.0. The summed E-state index contributed by atoms with van der Waals surface area (Å²) in [5.74, 6) is -0.430. The summed E-state index contributed by atoms with van der Waals surface area (Å²) in [5, 5.41) is 2.97. The molecule has 2 heterocycles. The van der Waals surface area contributed by atoms with Crippen LogP contribution in [0.3, 0.4) is 0 Å². The van der Waals surface area contributed by atoms with Gasteiger partial charge in [0.25, 0.3) is 0 Å². The smallest absolute Gasteiger partial charge is 0.318 e. The highest BCUT2D eigenvalue weighted by Crippen LogP contribution is 2.18. The molecular formula is C19H20ClFN4O. The lowest BCUT2D eigenvalue weighted by Gasteiger charge is -2.23. The highest BCUT2D eigenvalue weighted by atomic mass is 35.5. The van der Waals surface area contributed by atoms with Gasteiger partial charge in [-0.1, -0.05) is 47.5 Å². The van der Waals surface area contributed by atoms with Crippen LogP contribution in [0.2, 0.25) is 0 Å². The zero-order chi connectivity index (χ0) is 18.5. The van der Waals surface area contributed by atoms with E-state index in [0.29, 0.717) is 13.2 Å². The van der Waals surface area contributed by atoms with Gasteiger partial charge in [0.2, 0.25) is 0 Å². The lowest BCUT2D eigenvalue weighted by molar-refractivity contribution is 0.280. The van der Waals surface area contributed by atoms with E-state index in [9.17, 15) is 4.39 Å². The molecule has 0 spiro atoms. The topological polar surface area (TPSA) is 50.3 Å². The molecule has 0 saturated heterocycles. The third-order valence-electron chi connectivity index (χ3n) is 3.90. The Labute approximate surface area is 157 Å². The maximum atomic E-state index is 14.0. The molecule has 1 aliphatic rings. The molecule has 1 atom stereocenters. The SMILES string of the molecule is Cc1ccc(COc2ncc(F)c(NCC3=CN(C)C(Cl)C=C3)n2)cc1. The highest BCUT2D eigenvalue weighted by molar-refractivity contribution is 6.21. The summed E-state index contributed by atoms with van der Waals surface area (Å²) in [6, 6.07) is 8.08. The van der Waals surface area contributed by atoms with Crippen LogP contribution in [0, 0.1) is 12.7 Å². The van der Waals surface area contributed by atoms with Crippen LogP contribution in [0.4, 0.5) is 10.2 Å². The van der Waals surface area contributed by atoms with E-state index in [1.165, 1.54) is 5.56 Å². The molecule has 0 aliphatic carbocycles. The summed E-state index contributed by atoms with van der Waals surface area (Å²) in [6.45, 7) is 2.75. The molecule has 26 heavy (non-hydrogen) atoms. The zero-order valence-corrected chi connectivity index (χ0v) is 15.4. The lowest BCUT2D eigenvalue weighted by atomic mass is 10.2. The summed E-state index contributed by atoms with van der Waals surface area (Å²) in [4.78, 5) is 9.86. The Kier molecular flexibility index (Phi) is 5.73. The van der Waals surface area contributed by atoms with E-state index in [2.05, 4.69) is 15.3 Å². The van der Waals surface area contributed by atoms with Crippen molar-refractivity contribution >= 4 is 17.4 Å². The number of likely N-dealkylation sites (N-methyl/N-ethyl adjacent to an activating group) is 1. The van der Waals surface area contributed by atoms with E-state index < -0.39 is 5.82 Å². The normalized spacial score (nSPS) is 16.4. The zero-order valence-electron chi connectivity index (χ0n) is 14.6. The maximum Gasteiger partial charge on any atom is 0.318 e. The first-order chi connectivity index (χ1) is 12.5. The van der Waals surface area contributed by atoms with Gasteiger partial charge in [-0.3, -0.25) is 0 Å². The Morgan fingerprint density at radius 2 is 2.08 bits per heavy atom. The van der Waals surface area contributed by atoms with Gasteiger partial charge < -0.3 is 15.0 Å². The molecule has 0 fully saturated rings. The third-order valence-corrected chi connectivity index (χ3v) is 4.35. The minimum absolute atomic E-state index is 0.101. The minimum atomic E-state index is -0.531. The van der Waals surface area contributed by atoms with E-state index in [1.54, 1.807) is 0 Å². The summed E-state index contributed by atoms with van der Waals surface area (Å²) >= 11 is 6.07. The second kappa shape index (κ2) is 8.19. The second-order valence-electron chi connectivity index (χ2n) is 6.08. The molecular weight excluding hydrogens is 355 g/mol. The van der Waals surface area contributed by atoms with E-state index in [1.807, 2.05) is 61.5 Å². The number of rotatable bonds is 6. The van der Waals surface area contributed by atoms with Gasteiger partial charge in [0, 0.05) is 19.8 Å². The van der Waals surface area contributed by atoms with Crippen LogP contribution in [0.15, 0.2) is 54.4 Å². The van der Waals surface area contributed by atoms with Crippen LogP contribution >= 0.6 is 11.6 Å². The van der Waals surface area contributed by atoms with Crippen molar-refractivity contribution in [2.24, 2.45) is 0 Å². The molecule has 1 aromatic heterocycles. The van der Waals surface area contributed by atoms with Gasteiger partial charge in [0.15, 0.2) is 11.6 Å². The van der Waals surface area contributed by atoms with Crippen molar-refractivity contribution in [3.05, 3.63) is 71.3 Å². The van der Waals surface area contributed by atoms with Crippen molar-refractivity contribution in [3.63, 3.8) is 0 Å². The first-order valence-corrected chi connectivity index (χ1v) is 8.64. The summed E-state index contributed by atoms with van der Waals surface area (Å²) in [6.07, 6.45) is 6.77. The number of hydrogen-bond acceptors (Lipinski definition) is 5. The number of aromatic nitrogens is 2. The van der Waals surface area contributed by atoms with E-state index in [4.69, 9.17) is 16.3 Å². The summed E-state index contributed by atoms with van der Waals surface area (Å²) in [7, 11) is 1.88. The van der Waals surface area contributed by atoms with E-state index >= 15 is 0 Å². The Morgan fingerprint density at radius 1 is 1.31 bits per heavy atom. The molecule has 0 radical (unpaired) electrons. The van der Waals surface area contributed by atoms with Crippen LogP contribution in [0.5, 0.6) is 6.01 Å². The molecule has 1 aliphatic heterocycles. The van der Waals surface area contributed by atoms with Gasteiger partial charge in [-0.25, -0.2) is 9.37 Å². The molecule has 2 aromatic rings. The van der Waals surface area contributed by atoms with Gasteiger partial charge in [0.1, 0.15) is 12.1 Å². The number of alkyl halides is 1. The number of halogens is 2. The summed E-state index contributed by atoms with van der Waals surface area (Å²) < 4.78 is 19.5. The number of nitrogens with one attached hydrogen (secondary N) is 1. The molecule has 0 bridgehead atoms. The largest absolute Gasteiger partial charge is 0.459 e. The fourth-order valence-electron chi connectivity index (χ4n) is 2.38. The molecule has 7 heteroatoms. The van der Waals surface area contributed by atoms with Gasteiger partial charge in [-0.2, -0.15) is 4.98 Å². The van der Waals surface area contributed by atoms with Crippen molar-refractivity contribution < 1.29 is 9.13 Å². The number of hydrogen-bond donors (Lipinski definition) is 1. The van der Waals surface area contributed by atoms with Gasteiger partial charge in [-0.15, -0.1) is 0 Å². The Morgan fingerprint density at radius 3 is 2.81 bits per heavy atom. The van der Waals surface area contributed by atoms with Gasteiger partial charge in [0.05, 0.1) is 6.20 Å². The van der Waals surface area contributed by atoms with Crippen molar-refractivity contribution in [1.82, 2.24) is 14.9 Å². The summed E-state index contributed by atoms with van der Waals surface area (Å²) in [5.41, 5.74) is 2.96. The van der Waals surface area contributed by atoms with Crippen LogP contribution in [-0.2, 0) is 6.61 Å². The number of aryl methyl sites for hydroxylation is 1. The highest BCUT2D eigenvalue weighted by Gasteiger charge is 2.12. The van der Waals surface area contributed by atoms with Crippen molar-refractivity contribution in [2.75, 3.05) is 18.9 Å². The monoisotopic (exact) mass is 374 g/mol. The standard InChI is InChI=1S/C19H20ClFN4O/c1-13-3-5-14(6-4-13)12-26-19-23-10-16(21)18(24-19)22-9-15-7-8-17(20)25(2)11-15/h3-8,10-11,17H,9,12H2,1-2H3,(H,22,23,24). The second-order valence-corrected chi connectivity index (χ2v) is 6.53. The number of nitrogens with zero attached hydrogens (tertiary/aromatic N) is 3. The van der Waals surface area contributed by atoms with Crippen molar-refractivity contribution in [2.45, 2.75) is 19.0 Å². The average molecular weight is 375 g/mol. The number of ether oxygens (including phenoxy) is 1. The quantitative estimate of drug-likeness (QED) is 0.614. The van der Waals surface area contributed by atoms with Crippen LogP contribution in [-0.4, -0.2) is 34.0 Å². The fourth-order valence-corrected chi connectivity index (χ4v) is 2.51. The predicted molar refractivity (Wildman–Crippen MR) is 101 cm³/mol. The molecule has 0 saturated carbocycles. The Hall–Kier alpha value is -2.60. The Balaban J connectivity index is 1.61. The first kappa shape index (κ1) is 18.2. The number of anilines is 1. The van der Waals surface area contributed by atoms with E-state index in [0.717, 1.165) is 17.3 Å². The Bertz CT molecular complexity index is 823. The molecule has 3 rings (SSSR count). The van der Waals surface area contributed by atoms with Crippen LogP contribution in [0.1, 0.15) is 11.1 Å². The van der Waals surface area contributed by atoms with Crippen LogP contribution in [0.25, 0.3) is 0 Å². The van der Waals surface area contributed by atoms with Crippen LogP contribution < -0.4 is 10.1 Å². The average Bonchev–Trinajstić information content (AvgIpc) is 2.64. The molecule has 136 valence electrons. The number of benzene rings is 1.